The van der Waals surface area contributed by atoms with Gasteiger partial charge in [0.2, 0.25) is 17.8 Å². The van der Waals surface area contributed by atoms with Crippen molar-refractivity contribution in [1.82, 2.24) is 10.6 Å². The maximum Gasteiger partial charge on any atom is 0.242 e. The Balaban J connectivity index is 2.24. The molecule has 0 radical (unpaired) electrons. The van der Waals surface area contributed by atoms with E-state index in [1.165, 1.54) is 0 Å². The first kappa shape index (κ1) is 14.7. The van der Waals surface area contributed by atoms with Crippen molar-refractivity contribution in [3.8, 4) is 0 Å². The Hall–Kier alpha value is -1.69. The minimum atomic E-state index is -1.01. The van der Waals surface area contributed by atoms with Gasteiger partial charge in [-0.3, -0.25) is 20.2 Å². The molecule has 2 amide bonds. The summed E-state index contributed by atoms with van der Waals surface area (Å²) in [6, 6.07) is 9.15. The number of nitrogens with one attached hydrogen (secondary N) is 2. The van der Waals surface area contributed by atoms with Gasteiger partial charge < -0.3 is 0 Å². The summed E-state index contributed by atoms with van der Waals surface area (Å²) >= 11 is 3.29. The van der Waals surface area contributed by atoms with Crippen LogP contribution in [0, 0.1) is 5.41 Å². The summed E-state index contributed by atoms with van der Waals surface area (Å²) in [5.41, 5.74) is -0.341. The first-order valence-corrected chi connectivity index (χ1v) is 7.57. The van der Waals surface area contributed by atoms with Crippen molar-refractivity contribution in [2.75, 3.05) is 5.33 Å². The van der Waals surface area contributed by atoms with Gasteiger partial charge in [-0.15, -0.1) is 0 Å². The average molecular weight is 338 g/mol. The van der Waals surface area contributed by atoms with Gasteiger partial charge in [-0.1, -0.05) is 41.1 Å². The van der Waals surface area contributed by atoms with E-state index in [1.807, 2.05) is 25.1 Å². The fourth-order valence-electron chi connectivity index (χ4n) is 2.16. The van der Waals surface area contributed by atoms with E-state index in [0.29, 0.717) is 23.9 Å². The number of nitrogens with zero attached hydrogens (tertiary/aromatic N) is 1. The number of carbonyl (C=O) groups excluding carboxylic acids is 2. The summed E-state index contributed by atoms with van der Waals surface area (Å²) in [6.07, 6.45) is 0.911. The summed E-state index contributed by atoms with van der Waals surface area (Å²) in [4.78, 5) is 28.8. The van der Waals surface area contributed by atoms with E-state index < -0.39 is 5.41 Å². The highest BCUT2D eigenvalue weighted by molar-refractivity contribution is 9.09. The van der Waals surface area contributed by atoms with E-state index in [0.717, 1.165) is 0 Å². The highest BCUT2D eigenvalue weighted by Gasteiger charge is 2.47. The number of benzene rings is 1. The molecule has 106 valence electrons. The summed E-state index contributed by atoms with van der Waals surface area (Å²) in [6.45, 7) is 1.83. The molecule has 0 spiro atoms. The quantitative estimate of drug-likeness (QED) is 0.652. The minimum Gasteiger partial charge on any atom is -0.295 e. The number of hydrogen-bond acceptors (Lipinski definition) is 3. The van der Waals surface area contributed by atoms with Crippen LogP contribution < -0.4 is 10.6 Å². The van der Waals surface area contributed by atoms with Gasteiger partial charge in [0.05, 0.1) is 5.69 Å². The Labute approximate surface area is 126 Å². The van der Waals surface area contributed by atoms with Crippen LogP contribution >= 0.6 is 15.9 Å². The molecule has 2 rings (SSSR count). The number of para-hydroxylation sites is 1. The third-order valence-electron chi connectivity index (χ3n) is 3.46. The van der Waals surface area contributed by atoms with Crippen LogP contribution in [-0.2, 0) is 9.59 Å². The second-order valence-corrected chi connectivity index (χ2v) is 5.37. The Kier molecular flexibility index (Phi) is 4.54. The van der Waals surface area contributed by atoms with Gasteiger partial charge in [0.25, 0.3) is 0 Å². The van der Waals surface area contributed by atoms with Crippen LogP contribution in [0.15, 0.2) is 35.3 Å². The highest BCUT2D eigenvalue weighted by atomic mass is 79.9. The molecule has 0 unspecified atom stereocenters. The van der Waals surface area contributed by atoms with Crippen molar-refractivity contribution in [2.24, 2.45) is 10.4 Å². The standard InChI is InChI=1S/C14H16BrN3O2/c1-2-14(8-9-15)11(19)17-13(18-12(14)20)16-10-6-4-3-5-7-10/h3-7H,2,8-9H2,1H3,(H2,16,17,18,19,20). The molecular formula is C14H16BrN3O2. The van der Waals surface area contributed by atoms with Crippen molar-refractivity contribution in [3.63, 3.8) is 0 Å². The van der Waals surface area contributed by atoms with Gasteiger partial charge >= 0.3 is 0 Å². The molecule has 20 heavy (non-hydrogen) atoms. The molecule has 1 aromatic carbocycles. The summed E-state index contributed by atoms with van der Waals surface area (Å²) in [5.74, 6) is -0.402. The van der Waals surface area contributed by atoms with Gasteiger partial charge in [0.1, 0.15) is 5.41 Å². The minimum absolute atomic E-state index is 0.185. The first-order valence-electron chi connectivity index (χ1n) is 6.45. The maximum absolute atomic E-state index is 12.3. The molecule has 1 saturated heterocycles. The van der Waals surface area contributed by atoms with E-state index in [-0.39, 0.29) is 17.8 Å². The molecule has 0 aliphatic carbocycles. The van der Waals surface area contributed by atoms with E-state index >= 15 is 0 Å². The van der Waals surface area contributed by atoms with E-state index in [4.69, 9.17) is 0 Å². The smallest absolute Gasteiger partial charge is 0.242 e. The zero-order chi connectivity index (χ0) is 14.6. The lowest BCUT2D eigenvalue weighted by Crippen LogP contribution is -2.62. The zero-order valence-corrected chi connectivity index (χ0v) is 12.7. The zero-order valence-electron chi connectivity index (χ0n) is 11.1. The summed E-state index contributed by atoms with van der Waals surface area (Å²) < 4.78 is 0. The van der Waals surface area contributed by atoms with E-state index in [1.54, 1.807) is 12.1 Å². The molecule has 0 saturated carbocycles. The SMILES string of the molecule is CCC1(CCBr)C(=O)NC(=Nc2ccccc2)NC1=O. The third-order valence-corrected chi connectivity index (χ3v) is 3.85. The van der Waals surface area contributed by atoms with Gasteiger partial charge in [-0.2, -0.15) is 0 Å². The van der Waals surface area contributed by atoms with Crippen molar-refractivity contribution < 1.29 is 9.59 Å². The van der Waals surface area contributed by atoms with Crippen molar-refractivity contribution in [1.29, 1.82) is 0 Å². The number of halogens is 1. The van der Waals surface area contributed by atoms with Gasteiger partial charge in [-0.05, 0) is 25.0 Å². The molecular weight excluding hydrogens is 322 g/mol. The van der Waals surface area contributed by atoms with Gasteiger partial charge in [0.15, 0.2) is 0 Å². The molecule has 0 bridgehead atoms. The molecule has 1 aliphatic rings. The number of rotatable bonds is 4. The molecule has 0 atom stereocenters. The van der Waals surface area contributed by atoms with Crippen molar-refractivity contribution in [2.45, 2.75) is 19.8 Å². The topological polar surface area (TPSA) is 70.6 Å². The van der Waals surface area contributed by atoms with Crippen LogP contribution in [0.1, 0.15) is 19.8 Å². The molecule has 1 fully saturated rings. The van der Waals surface area contributed by atoms with E-state index in [2.05, 4.69) is 31.6 Å². The fraction of sp³-hybridized carbons (Fsp3) is 0.357. The van der Waals surface area contributed by atoms with Crippen molar-refractivity contribution in [3.05, 3.63) is 30.3 Å². The maximum atomic E-state index is 12.3. The average Bonchev–Trinajstić information content (AvgIpc) is 2.44. The Morgan fingerprint density at radius 2 is 1.75 bits per heavy atom. The first-order chi connectivity index (χ1) is 9.62. The Morgan fingerprint density at radius 3 is 2.25 bits per heavy atom. The predicted octanol–water partition coefficient (Wildman–Crippen LogP) is 2.10. The Bertz CT molecular complexity index is 523. The van der Waals surface area contributed by atoms with Crippen molar-refractivity contribution >= 4 is 39.4 Å². The number of amides is 2. The number of carbonyl (C=O) groups is 2. The molecule has 1 heterocycles. The van der Waals surface area contributed by atoms with Crippen LogP contribution in [0.3, 0.4) is 0 Å². The molecule has 0 aromatic heterocycles. The van der Waals surface area contributed by atoms with E-state index in [9.17, 15) is 9.59 Å². The van der Waals surface area contributed by atoms with Gasteiger partial charge in [0, 0.05) is 5.33 Å². The number of hydrogen-bond donors (Lipinski definition) is 2. The normalized spacial score (nSPS) is 22.2. The van der Waals surface area contributed by atoms with Crippen LogP contribution in [0.2, 0.25) is 0 Å². The third kappa shape index (κ3) is 2.75. The lowest BCUT2D eigenvalue weighted by molar-refractivity contribution is -0.144. The summed E-state index contributed by atoms with van der Waals surface area (Å²) in [5, 5.41) is 5.95. The molecule has 1 aromatic rings. The number of alkyl halides is 1. The monoisotopic (exact) mass is 337 g/mol. The number of guanidine groups is 1. The molecule has 6 heteroatoms. The summed E-state index contributed by atoms with van der Waals surface area (Å²) in [7, 11) is 0. The lowest BCUT2D eigenvalue weighted by atomic mass is 9.79. The molecule has 5 nitrogen and oxygen atoms in total. The highest BCUT2D eigenvalue weighted by Crippen LogP contribution is 2.30. The molecule has 1 aliphatic heterocycles. The van der Waals surface area contributed by atoms with Crippen LogP contribution in [0.4, 0.5) is 5.69 Å². The fourth-order valence-corrected chi connectivity index (χ4v) is 2.84. The predicted molar refractivity (Wildman–Crippen MR) is 81.0 cm³/mol. The van der Waals surface area contributed by atoms with Gasteiger partial charge in [-0.25, -0.2) is 4.99 Å². The second-order valence-electron chi connectivity index (χ2n) is 4.58. The molecule has 2 N–H and O–H groups in total. The lowest BCUT2D eigenvalue weighted by Gasteiger charge is -2.34. The van der Waals surface area contributed by atoms with Crippen LogP contribution in [0.5, 0.6) is 0 Å². The second kappa shape index (κ2) is 6.17. The largest absolute Gasteiger partial charge is 0.295 e. The number of aliphatic imine (C=N–C) groups is 1. The van der Waals surface area contributed by atoms with Crippen LogP contribution in [0.25, 0.3) is 0 Å². The Morgan fingerprint density at radius 1 is 1.15 bits per heavy atom. The van der Waals surface area contributed by atoms with Crippen LogP contribution in [-0.4, -0.2) is 23.1 Å².